The largest absolute Gasteiger partial charge is 0.324 e. The minimum absolute atomic E-state index is 0.0454. The summed E-state index contributed by atoms with van der Waals surface area (Å²) in [5.41, 5.74) is 2.15. The van der Waals surface area contributed by atoms with Crippen molar-refractivity contribution in [2.45, 2.75) is 33.2 Å². The van der Waals surface area contributed by atoms with Crippen molar-refractivity contribution in [3.63, 3.8) is 0 Å². The molecule has 1 amide bonds. The van der Waals surface area contributed by atoms with Crippen LogP contribution in [-0.4, -0.2) is 23.0 Å². The van der Waals surface area contributed by atoms with Crippen LogP contribution in [0.2, 0.25) is 0 Å². The number of carbonyl (C=O) groups excluding carboxylic acids is 1. The van der Waals surface area contributed by atoms with E-state index in [1.54, 1.807) is 11.3 Å². The SMILES string of the molecule is CCNC(C)(C)C(=O)Nc1cccc(-c2csc(C)n2)c1. The number of aryl methyl sites for hydroxylation is 1. The van der Waals surface area contributed by atoms with Gasteiger partial charge in [0.05, 0.1) is 16.2 Å². The van der Waals surface area contributed by atoms with E-state index >= 15 is 0 Å². The highest BCUT2D eigenvalue weighted by Crippen LogP contribution is 2.24. The number of amides is 1. The van der Waals surface area contributed by atoms with Gasteiger partial charge in [-0.3, -0.25) is 4.79 Å². The standard InChI is InChI=1S/C16H21N3OS/c1-5-17-16(3,4)15(20)19-13-8-6-7-12(9-13)14-10-21-11(2)18-14/h6-10,17H,5H2,1-4H3,(H,19,20). The number of nitrogens with one attached hydrogen (secondary N) is 2. The molecule has 112 valence electrons. The van der Waals surface area contributed by atoms with E-state index in [4.69, 9.17) is 0 Å². The number of carbonyl (C=O) groups is 1. The van der Waals surface area contributed by atoms with E-state index < -0.39 is 5.54 Å². The van der Waals surface area contributed by atoms with E-state index in [9.17, 15) is 4.79 Å². The third kappa shape index (κ3) is 3.89. The lowest BCUT2D eigenvalue weighted by Crippen LogP contribution is -2.49. The van der Waals surface area contributed by atoms with Crippen LogP contribution >= 0.6 is 11.3 Å². The molecule has 1 aromatic carbocycles. The molecule has 2 aromatic rings. The normalized spacial score (nSPS) is 11.4. The van der Waals surface area contributed by atoms with Gasteiger partial charge in [0.1, 0.15) is 0 Å². The van der Waals surface area contributed by atoms with Crippen LogP contribution in [0.5, 0.6) is 0 Å². The van der Waals surface area contributed by atoms with Gasteiger partial charge in [0.25, 0.3) is 0 Å². The predicted molar refractivity (Wildman–Crippen MR) is 88.7 cm³/mol. The van der Waals surface area contributed by atoms with Crippen molar-refractivity contribution in [2.75, 3.05) is 11.9 Å². The van der Waals surface area contributed by atoms with E-state index in [1.165, 1.54) is 0 Å². The maximum atomic E-state index is 12.3. The molecule has 0 aliphatic carbocycles. The Labute approximate surface area is 129 Å². The van der Waals surface area contributed by atoms with Gasteiger partial charge in [-0.05, 0) is 39.4 Å². The monoisotopic (exact) mass is 303 g/mol. The summed E-state index contributed by atoms with van der Waals surface area (Å²) in [5, 5.41) is 9.19. The molecule has 0 aliphatic heterocycles. The number of hydrogen-bond donors (Lipinski definition) is 2. The maximum Gasteiger partial charge on any atom is 0.244 e. The number of benzene rings is 1. The van der Waals surface area contributed by atoms with Crippen LogP contribution in [0, 0.1) is 6.92 Å². The molecule has 2 rings (SSSR count). The van der Waals surface area contributed by atoms with Crippen LogP contribution in [0.15, 0.2) is 29.6 Å². The molecule has 0 unspecified atom stereocenters. The first-order chi connectivity index (χ1) is 9.92. The fraction of sp³-hybridized carbons (Fsp3) is 0.375. The Morgan fingerprint density at radius 3 is 2.76 bits per heavy atom. The fourth-order valence-electron chi connectivity index (χ4n) is 2.06. The number of rotatable bonds is 5. The van der Waals surface area contributed by atoms with Gasteiger partial charge in [-0.2, -0.15) is 0 Å². The minimum Gasteiger partial charge on any atom is -0.324 e. The van der Waals surface area contributed by atoms with E-state index in [1.807, 2.05) is 57.3 Å². The number of likely N-dealkylation sites (N-methyl/N-ethyl adjacent to an activating group) is 1. The smallest absolute Gasteiger partial charge is 0.244 e. The lowest BCUT2D eigenvalue weighted by atomic mass is 10.0. The molecule has 0 saturated heterocycles. The summed E-state index contributed by atoms with van der Waals surface area (Å²) in [6, 6.07) is 7.77. The van der Waals surface area contributed by atoms with Crippen LogP contribution in [0.25, 0.3) is 11.3 Å². The van der Waals surface area contributed by atoms with Crippen LogP contribution in [0.3, 0.4) is 0 Å². The van der Waals surface area contributed by atoms with Crippen molar-refractivity contribution in [3.05, 3.63) is 34.7 Å². The van der Waals surface area contributed by atoms with Crippen molar-refractivity contribution >= 4 is 22.9 Å². The number of nitrogens with zero attached hydrogens (tertiary/aromatic N) is 1. The lowest BCUT2D eigenvalue weighted by Gasteiger charge is -2.24. The summed E-state index contributed by atoms with van der Waals surface area (Å²) in [7, 11) is 0. The summed E-state index contributed by atoms with van der Waals surface area (Å²) in [6.07, 6.45) is 0. The van der Waals surface area contributed by atoms with Crippen molar-refractivity contribution in [3.8, 4) is 11.3 Å². The van der Waals surface area contributed by atoms with Crippen LogP contribution in [0.1, 0.15) is 25.8 Å². The van der Waals surface area contributed by atoms with Crippen LogP contribution in [0.4, 0.5) is 5.69 Å². The van der Waals surface area contributed by atoms with Crippen molar-refractivity contribution in [1.29, 1.82) is 0 Å². The Morgan fingerprint density at radius 2 is 2.14 bits per heavy atom. The molecule has 0 atom stereocenters. The van der Waals surface area contributed by atoms with Gasteiger partial charge >= 0.3 is 0 Å². The van der Waals surface area contributed by atoms with Gasteiger partial charge in [-0.1, -0.05) is 19.1 Å². The molecule has 0 saturated carbocycles. The highest BCUT2D eigenvalue weighted by Gasteiger charge is 2.26. The Bertz CT molecular complexity index is 634. The summed E-state index contributed by atoms with van der Waals surface area (Å²) in [5.74, 6) is -0.0454. The highest BCUT2D eigenvalue weighted by molar-refractivity contribution is 7.09. The van der Waals surface area contributed by atoms with Crippen molar-refractivity contribution in [1.82, 2.24) is 10.3 Å². The zero-order valence-electron chi connectivity index (χ0n) is 12.9. The fourth-order valence-corrected chi connectivity index (χ4v) is 2.68. The molecular weight excluding hydrogens is 282 g/mol. The third-order valence-electron chi connectivity index (χ3n) is 3.22. The summed E-state index contributed by atoms with van der Waals surface area (Å²) in [4.78, 5) is 16.8. The zero-order valence-corrected chi connectivity index (χ0v) is 13.7. The van der Waals surface area contributed by atoms with Crippen LogP contribution in [-0.2, 0) is 4.79 Å². The summed E-state index contributed by atoms with van der Waals surface area (Å²) < 4.78 is 0. The van der Waals surface area contributed by atoms with Crippen molar-refractivity contribution < 1.29 is 4.79 Å². The second-order valence-electron chi connectivity index (χ2n) is 5.44. The number of thiazole rings is 1. The van der Waals surface area contributed by atoms with Gasteiger partial charge < -0.3 is 10.6 Å². The van der Waals surface area contributed by atoms with E-state index in [-0.39, 0.29) is 5.91 Å². The first-order valence-electron chi connectivity index (χ1n) is 7.01. The second-order valence-corrected chi connectivity index (χ2v) is 6.50. The quantitative estimate of drug-likeness (QED) is 0.889. The van der Waals surface area contributed by atoms with E-state index in [0.717, 1.165) is 28.5 Å². The molecule has 21 heavy (non-hydrogen) atoms. The third-order valence-corrected chi connectivity index (χ3v) is 4.00. The van der Waals surface area contributed by atoms with Gasteiger partial charge in [-0.15, -0.1) is 11.3 Å². The average molecular weight is 303 g/mol. The Kier molecular flexibility index (Phi) is 4.75. The van der Waals surface area contributed by atoms with Gasteiger partial charge in [0.15, 0.2) is 0 Å². The minimum atomic E-state index is -0.595. The maximum absolute atomic E-state index is 12.3. The molecule has 1 aromatic heterocycles. The van der Waals surface area contributed by atoms with Gasteiger partial charge in [-0.25, -0.2) is 4.98 Å². The molecule has 2 N–H and O–H groups in total. The molecule has 0 radical (unpaired) electrons. The highest BCUT2D eigenvalue weighted by atomic mass is 32.1. The number of anilines is 1. The van der Waals surface area contributed by atoms with Crippen LogP contribution < -0.4 is 10.6 Å². The Balaban J connectivity index is 2.17. The first-order valence-corrected chi connectivity index (χ1v) is 7.89. The van der Waals surface area contributed by atoms with E-state index in [0.29, 0.717) is 0 Å². The second kappa shape index (κ2) is 6.37. The zero-order chi connectivity index (χ0) is 15.5. The molecule has 4 nitrogen and oxygen atoms in total. The number of hydrogen-bond acceptors (Lipinski definition) is 4. The van der Waals surface area contributed by atoms with E-state index in [2.05, 4.69) is 15.6 Å². The topological polar surface area (TPSA) is 54.0 Å². The summed E-state index contributed by atoms with van der Waals surface area (Å²) >= 11 is 1.62. The molecule has 1 heterocycles. The molecule has 5 heteroatoms. The molecule has 0 fully saturated rings. The van der Waals surface area contributed by atoms with Gasteiger partial charge in [0, 0.05) is 16.6 Å². The Morgan fingerprint density at radius 1 is 1.38 bits per heavy atom. The molecule has 0 aliphatic rings. The average Bonchev–Trinajstić information content (AvgIpc) is 2.86. The number of aromatic nitrogens is 1. The van der Waals surface area contributed by atoms with Gasteiger partial charge in [0.2, 0.25) is 5.91 Å². The molecule has 0 spiro atoms. The Hall–Kier alpha value is -1.72. The molecule has 0 bridgehead atoms. The predicted octanol–water partition coefficient (Wildman–Crippen LogP) is 3.45. The van der Waals surface area contributed by atoms with Crippen molar-refractivity contribution in [2.24, 2.45) is 0 Å². The molecular formula is C16H21N3OS. The lowest BCUT2D eigenvalue weighted by molar-refractivity contribution is -0.121. The summed E-state index contributed by atoms with van der Waals surface area (Å²) in [6.45, 7) is 8.47. The first kappa shape index (κ1) is 15.7.